The standard InChI is InChI=1S/C45H28N6/c1-3-15-29(16-4-1)43-46-44(50-35-23-11-7-19-31(35)32-20-8-12-24-36(32)50)48-45(47-43)51-38-26-14-10-22-34(38)42-40(51)28-27-39-41(42)33-21-9-13-25-37(33)49(39)30-17-5-2-6-18-30/h1-28H/i2D,5D,6D,17D,18D. The molecule has 4 aromatic heterocycles. The zero-order valence-corrected chi connectivity index (χ0v) is 27.0. The third-order valence-corrected chi connectivity index (χ3v) is 9.81. The third-order valence-electron chi connectivity index (χ3n) is 9.81. The summed E-state index contributed by atoms with van der Waals surface area (Å²) in [6.45, 7) is 0. The van der Waals surface area contributed by atoms with E-state index in [0.717, 1.165) is 65.5 Å². The van der Waals surface area contributed by atoms with Crippen LogP contribution in [0, 0.1) is 0 Å². The Bertz CT molecular complexity index is 3360. The second-order valence-corrected chi connectivity index (χ2v) is 12.5. The summed E-state index contributed by atoms with van der Waals surface area (Å²) in [5, 5.41) is 5.86. The highest BCUT2D eigenvalue weighted by Crippen LogP contribution is 2.42. The van der Waals surface area contributed by atoms with Gasteiger partial charge in [-0.1, -0.05) is 121 Å². The number of nitrogens with zero attached hydrogens (tertiary/aromatic N) is 6. The van der Waals surface area contributed by atoms with Gasteiger partial charge in [-0.05, 0) is 48.5 Å². The van der Waals surface area contributed by atoms with Crippen LogP contribution in [0.5, 0.6) is 0 Å². The van der Waals surface area contributed by atoms with Crippen LogP contribution in [0.4, 0.5) is 0 Å². The molecule has 7 aromatic carbocycles. The lowest BCUT2D eigenvalue weighted by Crippen LogP contribution is -2.10. The van der Waals surface area contributed by atoms with Gasteiger partial charge in [-0.2, -0.15) is 15.0 Å². The first kappa shape index (κ1) is 23.3. The van der Waals surface area contributed by atoms with Crippen LogP contribution in [0.1, 0.15) is 6.85 Å². The van der Waals surface area contributed by atoms with Crippen LogP contribution in [0.3, 0.4) is 0 Å². The molecule has 0 bridgehead atoms. The van der Waals surface area contributed by atoms with Crippen molar-refractivity contribution in [3.8, 4) is 29.0 Å². The Morgan fingerprint density at radius 1 is 0.373 bits per heavy atom. The van der Waals surface area contributed by atoms with Gasteiger partial charge in [0.15, 0.2) is 5.82 Å². The smallest absolute Gasteiger partial charge is 0.240 e. The van der Waals surface area contributed by atoms with E-state index in [1.807, 2.05) is 103 Å². The highest BCUT2D eigenvalue weighted by Gasteiger charge is 2.23. The Morgan fingerprint density at radius 2 is 0.804 bits per heavy atom. The Balaban J connectivity index is 1.27. The summed E-state index contributed by atoms with van der Waals surface area (Å²) >= 11 is 0. The van der Waals surface area contributed by atoms with E-state index >= 15 is 0 Å². The summed E-state index contributed by atoms with van der Waals surface area (Å²) in [5.41, 5.74) is 6.09. The Labute approximate surface area is 299 Å². The van der Waals surface area contributed by atoms with Crippen molar-refractivity contribution in [1.29, 1.82) is 0 Å². The fraction of sp³-hybridized carbons (Fsp3) is 0. The second kappa shape index (κ2) is 10.7. The summed E-state index contributed by atoms with van der Waals surface area (Å²) in [7, 11) is 0. The molecule has 0 radical (unpaired) electrons. The maximum atomic E-state index is 8.92. The average molecular weight is 658 g/mol. The van der Waals surface area contributed by atoms with Crippen LogP contribution in [0.15, 0.2) is 170 Å². The second-order valence-electron chi connectivity index (χ2n) is 12.5. The summed E-state index contributed by atoms with van der Waals surface area (Å²) in [6.07, 6.45) is 0. The van der Waals surface area contributed by atoms with Crippen LogP contribution in [-0.2, 0) is 0 Å². The lowest BCUT2D eigenvalue weighted by molar-refractivity contribution is 0.893. The number of hydrogen-bond donors (Lipinski definition) is 0. The molecule has 0 saturated carbocycles. The minimum Gasteiger partial charge on any atom is -0.309 e. The van der Waals surface area contributed by atoms with Crippen molar-refractivity contribution < 1.29 is 6.85 Å². The fourth-order valence-corrected chi connectivity index (χ4v) is 7.74. The molecule has 0 spiro atoms. The van der Waals surface area contributed by atoms with Gasteiger partial charge < -0.3 is 4.57 Å². The quantitative estimate of drug-likeness (QED) is 0.189. The summed E-state index contributed by atoms with van der Waals surface area (Å²) < 4.78 is 49.0. The van der Waals surface area contributed by atoms with E-state index in [4.69, 9.17) is 21.8 Å². The molecule has 0 N–H and O–H groups in total. The van der Waals surface area contributed by atoms with Crippen molar-refractivity contribution in [2.75, 3.05) is 0 Å². The van der Waals surface area contributed by atoms with Gasteiger partial charge in [0, 0.05) is 43.6 Å². The van der Waals surface area contributed by atoms with Gasteiger partial charge in [0.2, 0.25) is 11.9 Å². The van der Waals surface area contributed by atoms with E-state index in [0.29, 0.717) is 23.2 Å². The van der Waals surface area contributed by atoms with Crippen LogP contribution in [-0.4, -0.2) is 28.7 Å². The van der Waals surface area contributed by atoms with Gasteiger partial charge in [-0.3, -0.25) is 9.13 Å². The van der Waals surface area contributed by atoms with E-state index < -0.39 is 6.04 Å². The SMILES string of the molecule is [2H]c1c([2H])c([2H])c(-n2c3ccccc3c3c4c5ccccc5n(-c5nc(-c6ccccc6)nc(-n6c7ccccc7c7ccccc76)n5)c4ccc32)c([2H])c1[2H]. The first-order valence-electron chi connectivity index (χ1n) is 19.2. The number of para-hydroxylation sites is 5. The summed E-state index contributed by atoms with van der Waals surface area (Å²) in [6, 6.07) is 44.7. The van der Waals surface area contributed by atoms with Crippen LogP contribution in [0.25, 0.3) is 94.4 Å². The van der Waals surface area contributed by atoms with Crippen LogP contribution < -0.4 is 0 Å². The fourth-order valence-electron chi connectivity index (χ4n) is 7.74. The van der Waals surface area contributed by atoms with Crippen molar-refractivity contribution in [2.24, 2.45) is 0 Å². The molecule has 0 amide bonds. The zero-order valence-electron chi connectivity index (χ0n) is 32.0. The first-order valence-corrected chi connectivity index (χ1v) is 16.7. The number of rotatable bonds is 4. The minimum atomic E-state index is -0.428. The summed E-state index contributed by atoms with van der Waals surface area (Å²) in [4.78, 5) is 15.6. The minimum absolute atomic E-state index is 0.103. The Morgan fingerprint density at radius 3 is 1.37 bits per heavy atom. The van der Waals surface area contributed by atoms with Crippen molar-refractivity contribution in [1.82, 2.24) is 28.7 Å². The molecule has 6 nitrogen and oxygen atoms in total. The zero-order chi connectivity index (χ0) is 37.8. The van der Waals surface area contributed by atoms with Crippen molar-refractivity contribution >= 4 is 65.4 Å². The van der Waals surface area contributed by atoms with Gasteiger partial charge in [0.1, 0.15) is 0 Å². The molecule has 0 aliphatic heterocycles. The van der Waals surface area contributed by atoms with Gasteiger partial charge >= 0.3 is 0 Å². The predicted octanol–water partition coefficient (Wildman–Crippen LogP) is 10.8. The third kappa shape index (κ3) is 4.01. The molecular formula is C45H28N6. The van der Waals surface area contributed by atoms with E-state index in [9.17, 15) is 0 Å². The molecule has 51 heavy (non-hydrogen) atoms. The Kier molecular flexibility index (Phi) is 4.91. The van der Waals surface area contributed by atoms with Crippen LogP contribution >= 0.6 is 0 Å². The average Bonchev–Trinajstić information content (AvgIpc) is 3.88. The van der Waals surface area contributed by atoms with E-state index in [1.54, 1.807) is 4.57 Å². The first-order chi connectivity index (χ1) is 27.4. The number of aromatic nitrogens is 6. The Hall–Kier alpha value is -7.05. The molecular weight excluding hydrogens is 625 g/mol. The largest absolute Gasteiger partial charge is 0.309 e. The highest BCUT2D eigenvalue weighted by molar-refractivity contribution is 6.28. The molecule has 0 saturated heterocycles. The van der Waals surface area contributed by atoms with Gasteiger partial charge in [0.05, 0.1) is 40.0 Å². The molecule has 0 aliphatic carbocycles. The van der Waals surface area contributed by atoms with Crippen molar-refractivity contribution in [2.45, 2.75) is 0 Å². The maximum absolute atomic E-state index is 8.92. The molecule has 238 valence electrons. The van der Waals surface area contributed by atoms with E-state index in [-0.39, 0.29) is 29.9 Å². The van der Waals surface area contributed by atoms with E-state index in [2.05, 4.69) is 45.5 Å². The molecule has 0 aliphatic rings. The van der Waals surface area contributed by atoms with E-state index in [1.165, 1.54) is 0 Å². The molecule has 0 unspecified atom stereocenters. The highest BCUT2D eigenvalue weighted by atomic mass is 15.3. The molecule has 4 heterocycles. The molecule has 0 fully saturated rings. The van der Waals surface area contributed by atoms with Crippen LogP contribution in [0.2, 0.25) is 0 Å². The molecule has 11 rings (SSSR count). The monoisotopic (exact) mass is 657 g/mol. The lowest BCUT2D eigenvalue weighted by Gasteiger charge is -2.12. The van der Waals surface area contributed by atoms with Crippen molar-refractivity contribution in [3.05, 3.63) is 170 Å². The molecule has 0 atom stereocenters. The lowest BCUT2D eigenvalue weighted by atomic mass is 10.1. The predicted molar refractivity (Wildman–Crippen MR) is 208 cm³/mol. The maximum Gasteiger partial charge on any atom is 0.240 e. The number of fused-ring (bicyclic) bond motifs is 10. The molecule has 6 heteroatoms. The van der Waals surface area contributed by atoms with Gasteiger partial charge in [-0.25, -0.2) is 0 Å². The summed E-state index contributed by atoms with van der Waals surface area (Å²) in [5.74, 6) is 1.45. The van der Waals surface area contributed by atoms with Gasteiger partial charge in [0.25, 0.3) is 0 Å². The normalized spacial score (nSPS) is 13.3. The topological polar surface area (TPSA) is 53.5 Å². The van der Waals surface area contributed by atoms with Crippen molar-refractivity contribution in [3.63, 3.8) is 0 Å². The number of benzene rings is 7. The van der Waals surface area contributed by atoms with Gasteiger partial charge in [-0.15, -0.1) is 0 Å². The number of hydrogen-bond acceptors (Lipinski definition) is 3. The molecule has 11 aromatic rings.